The molecule has 1 aliphatic rings. The molecule has 0 saturated heterocycles. The van der Waals surface area contributed by atoms with Crippen LogP contribution in [0.4, 0.5) is 0 Å². The highest BCUT2D eigenvalue weighted by Gasteiger charge is 2.17. The van der Waals surface area contributed by atoms with Gasteiger partial charge in [-0.05, 0) is 30.0 Å². The highest BCUT2D eigenvalue weighted by molar-refractivity contribution is 5.78. The quantitative estimate of drug-likeness (QED) is 0.763. The Balaban J connectivity index is 1.74. The lowest BCUT2D eigenvalue weighted by Crippen LogP contribution is -2.06. The van der Waals surface area contributed by atoms with Crippen LogP contribution in [-0.4, -0.2) is 12.9 Å². The summed E-state index contributed by atoms with van der Waals surface area (Å²) < 4.78 is 5.12. The number of ketones is 1. The van der Waals surface area contributed by atoms with Gasteiger partial charge >= 0.3 is 0 Å². The molecule has 18 heavy (non-hydrogen) atoms. The van der Waals surface area contributed by atoms with E-state index < -0.39 is 0 Å². The van der Waals surface area contributed by atoms with Gasteiger partial charge in [-0.2, -0.15) is 0 Å². The molecule has 2 nitrogen and oxygen atoms in total. The fraction of sp³-hybridized carbons (Fsp3) is 0.562. The van der Waals surface area contributed by atoms with Crippen LogP contribution in [0.1, 0.15) is 44.1 Å². The second kappa shape index (κ2) is 6.58. The molecule has 0 heterocycles. The first kappa shape index (κ1) is 13.1. The lowest BCUT2D eigenvalue weighted by molar-refractivity contribution is -0.119. The minimum Gasteiger partial charge on any atom is -0.497 e. The number of carbonyl (C=O) groups excluding carboxylic acids is 1. The van der Waals surface area contributed by atoms with E-state index in [1.165, 1.54) is 31.2 Å². The van der Waals surface area contributed by atoms with Crippen molar-refractivity contribution in [3.05, 3.63) is 29.8 Å². The third kappa shape index (κ3) is 3.86. The molecule has 0 radical (unpaired) electrons. The number of benzene rings is 1. The van der Waals surface area contributed by atoms with Gasteiger partial charge in [0, 0.05) is 12.8 Å². The Morgan fingerprint density at radius 2 is 1.89 bits per heavy atom. The summed E-state index contributed by atoms with van der Waals surface area (Å²) in [6, 6.07) is 8.00. The second-order valence-corrected chi connectivity index (χ2v) is 5.24. The standard InChI is InChI=1S/C16H22O2/c1-18-16-10-7-13(8-11-16)6-9-15(17)12-14-4-2-3-5-14/h7-8,10-11,14H,2-6,9,12H2,1H3. The van der Waals surface area contributed by atoms with Gasteiger partial charge in [-0.15, -0.1) is 0 Å². The van der Waals surface area contributed by atoms with Crippen LogP contribution >= 0.6 is 0 Å². The molecule has 0 amide bonds. The van der Waals surface area contributed by atoms with E-state index in [0.717, 1.165) is 18.6 Å². The Kier molecular flexibility index (Phi) is 4.80. The molecule has 0 aliphatic heterocycles. The number of carbonyl (C=O) groups is 1. The van der Waals surface area contributed by atoms with Gasteiger partial charge in [0.1, 0.15) is 11.5 Å². The number of hydrogen-bond donors (Lipinski definition) is 0. The maximum atomic E-state index is 11.9. The van der Waals surface area contributed by atoms with Crippen LogP contribution in [0.2, 0.25) is 0 Å². The van der Waals surface area contributed by atoms with E-state index >= 15 is 0 Å². The molecule has 1 saturated carbocycles. The van der Waals surface area contributed by atoms with Gasteiger partial charge in [-0.1, -0.05) is 37.8 Å². The second-order valence-electron chi connectivity index (χ2n) is 5.24. The average molecular weight is 246 g/mol. The third-order valence-electron chi connectivity index (χ3n) is 3.84. The van der Waals surface area contributed by atoms with Crippen molar-refractivity contribution in [2.75, 3.05) is 7.11 Å². The zero-order valence-electron chi connectivity index (χ0n) is 11.2. The molecular weight excluding hydrogens is 224 g/mol. The van der Waals surface area contributed by atoms with Gasteiger partial charge in [0.05, 0.1) is 7.11 Å². The van der Waals surface area contributed by atoms with Crippen LogP contribution in [0, 0.1) is 5.92 Å². The van der Waals surface area contributed by atoms with Crippen molar-refractivity contribution in [3.8, 4) is 5.75 Å². The van der Waals surface area contributed by atoms with Crippen LogP contribution in [-0.2, 0) is 11.2 Å². The molecule has 1 aromatic rings. The molecule has 0 N–H and O–H groups in total. The molecule has 0 bridgehead atoms. The lowest BCUT2D eigenvalue weighted by atomic mass is 9.97. The van der Waals surface area contributed by atoms with E-state index in [2.05, 4.69) is 0 Å². The smallest absolute Gasteiger partial charge is 0.133 e. The number of hydrogen-bond acceptors (Lipinski definition) is 2. The third-order valence-corrected chi connectivity index (χ3v) is 3.84. The zero-order chi connectivity index (χ0) is 12.8. The van der Waals surface area contributed by atoms with Gasteiger partial charge in [-0.3, -0.25) is 4.79 Å². The molecule has 0 atom stereocenters. The van der Waals surface area contributed by atoms with Gasteiger partial charge in [0.2, 0.25) is 0 Å². The summed E-state index contributed by atoms with van der Waals surface area (Å²) >= 11 is 0. The molecule has 1 aromatic carbocycles. The van der Waals surface area contributed by atoms with Crippen molar-refractivity contribution in [2.24, 2.45) is 5.92 Å². The summed E-state index contributed by atoms with van der Waals surface area (Å²) in [5, 5.41) is 0. The van der Waals surface area contributed by atoms with Crippen LogP contribution < -0.4 is 4.74 Å². The molecular formula is C16H22O2. The predicted molar refractivity (Wildman–Crippen MR) is 72.9 cm³/mol. The molecule has 0 unspecified atom stereocenters. The first-order valence-electron chi connectivity index (χ1n) is 6.92. The number of aryl methyl sites for hydroxylation is 1. The zero-order valence-corrected chi connectivity index (χ0v) is 11.2. The molecule has 0 spiro atoms. The van der Waals surface area contributed by atoms with E-state index in [-0.39, 0.29) is 0 Å². The molecule has 2 rings (SSSR count). The van der Waals surface area contributed by atoms with Crippen LogP contribution in [0.25, 0.3) is 0 Å². The Morgan fingerprint density at radius 3 is 2.50 bits per heavy atom. The van der Waals surface area contributed by atoms with Crippen molar-refractivity contribution in [3.63, 3.8) is 0 Å². The first-order chi connectivity index (χ1) is 8.78. The normalized spacial score (nSPS) is 15.8. The van der Waals surface area contributed by atoms with Gasteiger partial charge < -0.3 is 4.74 Å². The van der Waals surface area contributed by atoms with Crippen molar-refractivity contribution in [2.45, 2.75) is 44.9 Å². The first-order valence-corrected chi connectivity index (χ1v) is 6.92. The Hall–Kier alpha value is -1.31. The van der Waals surface area contributed by atoms with Gasteiger partial charge in [-0.25, -0.2) is 0 Å². The van der Waals surface area contributed by atoms with E-state index in [4.69, 9.17) is 4.74 Å². The maximum Gasteiger partial charge on any atom is 0.133 e. The number of rotatable bonds is 6. The van der Waals surface area contributed by atoms with E-state index in [0.29, 0.717) is 18.1 Å². The topological polar surface area (TPSA) is 26.3 Å². The Bertz CT molecular complexity index is 375. The summed E-state index contributed by atoms with van der Waals surface area (Å²) in [7, 11) is 1.67. The Morgan fingerprint density at radius 1 is 1.22 bits per heavy atom. The van der Waals surface area contributed by atoms with Crippen molar-refractivity contribution in [1.82, 2.24) is 0 Å². The van der Waals surface area contributed by atoms with E-state index in [1.54, 1.807) is 7.11 Å². The van der Waals surface area contributed by atoms with Crippen molar-refractivity contribution < 1.29 is 9.53 Å². The number of Topliss-reactive ketones (excluding diaryl/α,β-unsaturated/α-hetero) is 1. The molecule has 1 fully saturated rings. The van der Waals surface area contributed by atoms with Crippen LogP contribution in [0.3, 0.4) is 0 Å². The summed E-state index contributed by atoms with van der Waals surface area (Å²) in [6.45, 7) is 0. The summed E-state index contributed by atoms with van der Waals surface area (Å²) in [6.07, 6.45) is 7.49. The summed E-state index contributed by atoms with van der Waals surface area (Å²) in [4.78, 5) is 11.9. The monoisotopic (exact) mass is 246 g/mol. The van der Waals surface area contributed by atoms with Crippen LogP contribution in [0.15, 0.2) is 24.3 Å². The summed E-state index contributed by atoms with van der Waals surface area (Å²) in [5.74, 6) is 1.97. The van der Waals surface area contributed by atoms with Gasteiger partial charge in [0.25, 0.3) is 0 Å². The molecule has 1 aliphatic carbocycles. The van der Waals surface area contributed by atoms with E-state index in [9.17, 15) is 4.79 Å². The largest absolute Gasteiger partial charge is 0.497 e. The maximum absolute atomic E-state index is 11.9. The van der Waals surface area contributed by atoms with E-state index in [1.807, 2.05) is 24.3 Å². The SMILES string of the molecule is COc1ccc(CCC(=O)CC2CCCC2)cc1. The average Bonchev–Trinajstić information content (AvgIpc) is 2.90. The minimum absolute atomic E-state index is 0.428. The van der Waals surface area contributed by atoms with Crippen LogP contribution in [0.5, 0.6) is 5.75 Å². The highest BCUT2D eigenvalue weighted by Crippen LogP contribution is 2.28. The van der Waals surface area contributed by atoms with Crippen molar-refractivity contribution >= 4 is 5.78 Å². The predicted octanol–water partition coefficient (Wildman–Crippen LogP) is 3.78. The number of ether oxygens (including phenoxy) is 1. The fourth-order valence-electron chi connectivity index (χ4n) is 2.71. The fourth-order valence-corrected chi connectivity index (χ4v) is 2.71. The van der Waals surface area contributed by atoms with Crippen molar-refractivity contribution in [1.29, 1.82) is 0 Å². The summed E-state index contributed by atoms with van der Waals surface area (Å²) in [5.41, 5.74) is 1.22. The number of methoxy groups -OCH3 is 1. The van der Waals surface area contributed by atoms with Gasteiger partial charge in [0.15, 0.2) is 0 Å². The molecule has 98 valence electrons. The highest BCUT2D eigenvalue weighted by atomic mass is 16.5. The Labute approximate surface area is 109 Å². The lowest BCUT2D eigenvalue weighted by Gasteiger charge is -2.07. The minimum atomic E-state index is 0.428. The molecule has 2 heteroatoms. The molecule has 0 aromatic heterocycles.